The molecule has 0 bridgehead atoms. The van der Waals surface area contributed by atoms with Crippen molar-refractivity contribution in [3.8, 4) is 0 Å². The van der Waals surface area contributed by atoms with Gasteiger partial charge in [-0.1, -0.05) is 80.3 Å². The molecule has 0 amide bonds. The van der Waals surface area contributed by atoms with E-state index in [-0.39, 0.29) is 12.2 Å². The molecular weight excluding hydrogens is 360 g/mol. The fourth-order valence-corrected chi connectivity index (χ4v) is 4.38. The monoisotopic (exact) mass is 386 g/mol. The number of carboxylic acids is 1. The van der Waals surface area contributed by atoms with Crippen LogP contribution in [0.2, 0.25) is 0 Å². The van der Waals surface area contributed by atoms with Crippen molar-refractivity contribution in [1.82, 2.24) is 0 Å². The Morgan fingerprint density at radius 2 is 1.17 bits per heavy atom. The van der Waals surface area contributed by atoms with Crippen LogP contribution in [0, 0.1) is 0 Å². The molecule has 4 aromatic carbocycles. The Kier molecular flexibility index (Phi) is 5.75. The number of hydrogen-bond donors (Lipinski definition) is 1. The minimum absolute atomic E-state index is 0.216. The third-order valence-corrected chi connectivity index (χ3v) is 5.87. The number of unbranched alkanes of at least 4 members (excludes halogenated alkanes) is 5. The highest BCUT2D eigenvalue weighted by molar-refractivity contribution is 6.26. The maximum atomic E-state index is 12.9. The number of ketones is 1. The predicted molar refractivity (Wildman–Crippen MR) is 119 cm³/mol. The van der Waals surface area contributed by atoms with E-state index in [1.807, 2.05) is 6.07 Å². The number of Topliss-reactive ketones (excluding diaryl/α,β-unsaturated/α-hetero) is 1. The lowest BCUT2D eigenvalue weighted by atomic mass is 9.90. The van der Waals surface area contributed by atoms with Gasteiger partial charge in [0, 0.05) is 18.4 Å². The van der Waals surface area contributed by atoms with Crippen molar-refractivity contribution < 1.29 is 14.7 Å². The Morgan fingerprint density at radius 1 is 0.621 bits per heavy atom. The van der Waals surface area contributed by atoms with Gasteiger partial charge in [-0.05, 0) is 45.2 Å². The predicted octanol–water partition coefficient (Wildman–Crippen LogP) is 6.97. The molecule has 1 N–H and O–H groups in total. The average molecular weight is 386 g/mol. The largest absolute Gasteiger partial charge is 0.481 e. The van der Waals surface area contributed by atoms with Gasteiger partial charge in [0.25, 0.3) is 0 Å². The quantitative estimate of drug-likeness (QED) is 0.182. The van der Waals surface area contributed by atoms with E-state index in [0.29, 0.717) is 6.42 Å². The zero-order chi connectivity index (χ0) is 20.2. The molecule has 4 aromatic rings. The van der Waals surface area contributed by atoms with Crippen LogP contribution >= 0.6 is 0 Å². The molecule has 4 rings (SSSR count). The van der Waals surface area contributed by atoms with Crippen molar-refractivity contribution in [2.24, 2.45) is 0 Å². The standard InChI is InChI=1S/C26H26O3/c27-23(10-5-3-1-2-4-6-11-24(28)29)21-16-14-20-13-12-18-8-7-9-19-15-17-22(21)26(20)25(18)19/h7-9,12-17H,1-6,10-11H2,(H,28,29). The SMILES string of the molecule is O=C(O)CCCCCCCCC(=O)c1ccc2ccc3cccc4ccc1c2c34. The Bertz CT molecular complexity index is 1140. The average Bonchev–Trinajstić information content (AvgIpc) is 2.73. The van der Waals surface area contributed by atoms with E-state index in [9.17, 15) is 9.59 Å². The van der Waals surface area contributed by atoms with Gasteiger partial charge < -0.3 is 5.11 Å². The Labute approximate surface area is 170 Å². The van der Waals surface area contributed by atoms with E-state index in [1.54, 1.807) is 0 Å². The zero-order valence-electron chi connectivity index (χ0n) is 16.6. The number of hydrogen-bond acceptors (Lipinski definition) is 2. The van der Waals surface area contributed by atoms with Gasteiger partial charge >= 0.3 is 5.97 Å². The third-order valence-electron chi connectivity index (χ3n) is 5.87. The maximum absolute atomic E-state index is 12.9. The first kappa shape index (κ1) is 19.4. The van der Waals surface area contributed by atoms with Crippen LogP contribution in [0.15, 0.2) is 54.6 Å². The van der Waals surface area contributed by atoms with Crippen LogP contribution in [0.4, 0.5) is 0 Å². The van der Waals surface area contributed by atoms with Crippen LogP contribution in [-0.4, -0.2) is 16.9 Å². The number of benzene rings is 4. The van der Waals surface area contributed by atoms with Crippen molar-refractivity contribution in [3.05, 3.63) is 60.2 Å². The van der Waals surface area contributed by atoms with Gasteiger partial charge in [0.15, 0.2) is 5.78 Å². The molecule has 0 heterocycles. The molecule has 0 fully saturated rings. The van der Waals surface area contributed by atoms with Gasteiger partial charge in [-0.3, -0.25) is 9.59 Å². The highest BCUT2D eigenvalue weighted by atomic mass is 16.4. The summed E-state index contributed by atoms with van der Waals surface area (Å²) < 4.78 is 0. The molecule has 0 radical (unpaired) electrons. The third kappa shape index (κ3) is 4.09. The first-order chi connectivity index (χ1) is 14.1. The molecule has 0 spiro atoms. The minimum atomic E-state index is -0.719. The van der Waals surface area contributed by atoms with E-state index in [2.05, 4.69) is 48.5 Å². The molecule has 0 aliphatic carbocycles. The first-order valence-corrected chi connectivity index (χ1v) is 10.6. The van der Waals surface area contributed by atoms with Crippen LogP contribution in [0.3, 0.4) is 0 Å². The van der Waals surface area contributed by atoms with E-state index in [1.165, 1.54) is 26.9 Å². The summed E-state index contributed by atoms with van der Waals surface area (Å²) in [4.78, 5) is 23.4. The number of carboxylic acid groups (broad SMARTS) is 1. The maximum Gasteiger partial charge on any atom is 0.303 e. The fraction of sp³-hybridized carbons (Fsp3) is 0.308. The lowest BCUT2D eigenvalue weighted by Crippen LogP contribution is -2.01. The van der Waals surface area contributed by atoms with Crippen LogP contribution in [0.5, 0.6) is 0 Å². The second-order valence-electron chi connectivity index (χ2n) is 7.91. The summed E-state index contributed by atoms with van der Waals surface area (Å²) in [5.41, 5.74) is 0.831. The molecular formula is C26H26O3. The molecule has 29 heavy (non-hydrogen) atoms. The molecule has 3 nitrogen and oxygen atoms in total. The van der Waals surface area contributed by atoms with Crippen molar-refractivity contribution in [3.63, 3.8) is 0 Å². The molecule has 0 saturated carbocycles. The number of carbonyl (C=O) groups is 2. The van der Waals surface area contributed by atoms with Crippen molar-refractivity contribution >= 4 is 44.1 Å². The Hall–Kier alpha value is -2.94. The summed E-state index contributed by atoms with van der Waals surface area (Å²) in [6.45, 7) is 0. The van der Waals surface area contributed by atoms with Gasteiger partial charge in [-0.15, -0.1) is 0 Å². The van der Waals surface area contributed by atoms with E-state index in [0.717, 1.165) is 49.5 Å². The van der Waals surface area contributed by atoms with Gasteiger partial charge in [-0.2, -0.15) is 0 Å². The topological polar surface area (TPSA) is 54.4 Å². The molecule has 0 atom stereocenters. The summed E-state index contributed by atoms with van der Waals surface area (Å²) >= 11 is 0. The second-order valence-corrected chi connectivity index (χ2v) is 7.91. The van der Waals surface area contributed by atoms with E-state index < -0.39 is 5.97 Å². The molecule has 0 aromatic heterocycles. The second kappa shape index (κ2) is 8.60. The molecule has 0 aliphatic rings. The molecule has 0 saturated heterocycles. The number of carbonyl (C=O) groups excluding carboxylic acids is 1. The van der Waals surface area contributed by atoms with Gasteiger partial charge in [-0.25, -0.2) is 0 Å². The number of aliphatic carboxylic acids is 1. The van der Waals surface area contributed by atoms with Crippen LogP contribution < -0.4 is 0 Å². The van der Waals surface area contributed by atoms with Gasteiger partial charge in [0.1, 0.15) is 0 Å². The summed E-state index contributed by atoms with van der Waals surface area (Å²) in [6.07, 6.45) is 6.54. The van der Waals surface area contributed by atoms with E-state index in [4.69, 9.17) is 5.11 Å². The normalized spacial score (nSPS) is 11.6. The highest BCUT2D eigenvalue weighted by Crippen LogP contribution is 2.36. The molecule has 0 aliphatic heterocycles. The summed E-state index contributed by atoms with van der Waals surface area (Å²) in [5, 5.41) is 15.8. The lowest BCUT2D eigenvalue weighted by Gasteiger charge is -2.13. The summed E-state index contributed by atoms with van der Waals surface area (Å²) in [5.74, 6) is -0.502. The van der Waals surface area contributed by atoms with Crippen molar-refractivity contribution in [2.45, 2.75) is 51.4 Å². The summed E-state index contributed by atoms with van der Waals surface area (Å²) in [6, 6.07) is 18.9. The zero-order valence-corrected chi connectivity index (χ0v) is 16.6. The summed E-state index contributed by atoms with van der Waals surface area (Å²) in [7, 11) is 0. The number of rotatable bonds is 10. The minimum Gasteiger partial charge on any atom is -0.481 e. The van der Waals surface area contributed by atoms with Crippen LogP contribution in [-0.2, 0) is 4.79 Å². The Morgan fingerprint density at radius 3 is 1.86 bits per heavy atom. The van der Waals surface area contributed by atoms with Crippen molar-refractivity contribution in [1.29, 1.82) is 0 Å². The Balaban J connectivity index is 1.44. The smallest absolute Gasteiger partial charge is 0.303 e. The highest BCUT2D eigenvalue weighted by Gasteiger charge is 2.14. The molecule has 3 heteroatoms. The molecule has 0 unspecified atom stereocenters. The first-order valence-electron chi connectivity index (χ1n) is 10.6. The molecule has 148 valence electrons. The van der Waals surface area contributed by atoms with Gasteiger partial charge in [0.2, 0.25) is 0 Å². The van der Waals surface area contributed by atoms with E-state index >= 15 is 0 Å². The fourth-order valence-electron chi connectivity index (χ4n) is 4.38. The van der Waals surface area contributed by atoms with Crippen molar-refractivity contribution in [2.75, 3.05) is 0 Å². The van der Waals surface area contributed by atoms with Crippen LogP contribution in [0.25, 0.3) is 32.3 Å². The lowest BCUT2D eigenvalue weighted by molar-refractivity contribution is -0.137. The van der Waals surface area contributed by atoms with Crippen LogP contribution in [0.1, 0.15) is 61.7 Å². The van der Waals surface area contributed by atoms with Gasteiger partial charge in [0.05, 0.1) is 0 Å².